The van der Waals surface area contributed by atoms with Crippen LogP contribution < -0.4 is 25.0 Å². The van der Waals surface area contributed by atoms with E-state index in [-0.39, 0.29) is 6.42 Å². The number of hydrogen-bond acceptors (Lipinski definition) is 6. The van der Waals surface area contributed by atoms with Gasteiger partial charge in [-0.25, -0.2) is 5.43 Å². The molecule has 2 N–H and O–H groups in total. The van der Waals surface area contributed by atoms with Crippen molar-refractivity contribution in [3.8, 4) is 17.2 Å². The Kier molecular flexibility index (Phi) is 11.2. The van der Waals surface area contributed by atoms with Crippen molar-refractivity contribution in [2.75, 3.05) is 25.1 Å². The van der Waals surface area contributed by atoms with Crippen LogP contribution in [0, 0.1) is 0 Å². The summed E-state index contributed by atoms with van der Waals surface area (Å²) < 4.78 is 17.6. The Morgan fingerprint density at radius 2 is 1.73 bits per heavy atom. The van der Waals surface area contributed by atoms with Crippen molar-refractivity contribution in [3.63, 3.8) is 0 Å². The van der Waals surface area contributed by atoms with Crippen molar-refractivity contribution in [1.29, 1.82) is 0 Å². The molecule has 0 saturated carbocycles. The number of nitrogens with one attached hydrogen (secondary N) is 2. The zero-order valence-electron chi connectivity index (χ0n) is 19.2. The van der Waals surface area contributed by atoms with Gasteiger partial charge in [-0.15, -0.1) is 0 Å². The van der Waals surface area contributed by atoms with Gasteiger partial charge in [-0.3, -0.25) is 9.59 Å². The second-order valence-corrected chi connectivity index (χ2v) is 7.79. The number of carbonyl (C=O) groups is 2. The normalized spacial score (nSPS) is 10.7. The van der Waals surface area contributed by atoms with Crippen LogP contribution in [0.25, 0.3) is 0 Å². The number of carbonyl (C=O) groups excluding carboxylic acids is 2. The molecule has 0 aliphatic rings. The second kappa shape index (κ2) is 14.2. The van der Waals surface area contributed by atoms with Gasteiger partial charge in [0.2, 0.25) is 11.8 Å². The fourth-order valence-corrected chi connectivity index (χ4v) is 3.33. The number of nitrogens with zero attached hydrogens (tertiary/aromatic N) is 1. The molecular formula is C24H30BrN3O5. The molecule has 0 aliphatic carbocycles. The van der Waals surface area contributed by atoms with Crippen molar-refractivity contribution in [3.05, 3.63) is 46.4 Å². The molecule has 0 heterocycles. The lowest BCUT2D eigenvalue weighted by Gasteiger charge is -2.14. The highest BCUT2D eigenvalue weighted by molar-refractivity contribution is 9.10. The van der Waals surface area contributed by atoms with Crippen LogP contribution in [-0.2, 0) is 9.59 Å². The van der Waals surface area contributed by atoms with E-state index in [0.29, 0.717) is 48.3 Å². The SMILES string of the molecule is CCCCOc1c(Br)cc(C=NNC(=O)CC(=O)Nc2ccc(OCC)cc2)cc1OCC. The number of ether oxygens (including phenoxy) is 3. The van der Waals surface area contributed by atoms with E-state index in [1.807, 2.05) is 19.9 Å². The van der Waals surface area contributed by atoms with Crippen LogP contribution in [0.1, 0.15) is 45.6 Å². The molecular weight excluding hydrogens is 490 g/mol. The number of halogens is 1. The molecule has 8 nitrogen and oxygen atoms in total. The largest absolute Gasteiger partial charge is 0.494 e. The fourth-order valence-electron chi connectivity index (χ4n) is 2.75. The average molecular weight is 520 g/mol. The quantitative estimate of drug-likeness (QED) is 0.169. The molecule has 0 bridgehead atoms. The predicted octanol–water partition coefficient (Wildman–Crippen LogP) is 4.90. The van der Waals surface area contributed by atoms with Crippen LogP contribution in [0.4, 0.5) is 5.69 Å². The minimum atomic E-state index is -0.529. The summed E-state index contributed by atoms with van der Waals surface area (Å²) in [5, 5.41) is 6.61. The maximum Gasteiger partial charge on any atom is 0.249 e. The summed E-state index contributed by atoms with van der Waals surface area (Å²) in [5.74, 6) is 0.963. The molecule has 2 amide bonds. The van der Waals surface area contributed by atoms with Crippen LogP contribution in [0.2, 0.25) is 0 Å². The van der Waals surface area contributed by atoms with Crippen molar-refractivity contribution in [2.45, 2.75) is 40.0 Å². The molecule has 0 spiro atoms. The highest BCUT2D eigenvalue weighted by atomic mass is 79.9. The zero-order chi connectivity index (χ0) is 24.1. The summed E-state index contributed by atoms with van der Waals surface area (Å²) in [6.45, 7) is 7.52. The van der Waals surface area contributed by atoms with Gasteiger partial charge in [-0.05, 0) is 78.2 Å². The molecule has 2 aromatic carbocycles. The summed E-state index contributed by atoms with van der Waals surface area (Å²) in [4.78, 5) is 24.1. The Morgan fingerprint density at radius 1 is 1.00 bits per heavy atom. The molecule has 178 valence electrons. The van der Waals surface area contributed by atoms with E-state index in [1.54, 1.807) is 30.3 Å². The maximum atomic E-state index is 12.1. The monoisotopic (exact) mass is 519 g/mol. The number of amides is 2. The molecule has 9 heteroatoms. The minimum Gasteiger partial charge on any atom is -0.494 e. The highest BCUT2D eigenvalue weighted by Gasteiger charge is 2.12. The summed E-state index contributed by atoms with van der Waals surface area (Å²) in [6.07, 6.45) is 3.09. The van der Waals surface area contributed by atoms with E-state index in [1.165, 1.54) is 6.21 Å². The third-order valence-electron chi connectivity index (χ3n) is 4.25. The number of anilines is 1. The lowest BCUT2D eigenvalue weighted by atomic mass is 10.2. The van der Waals surface area contributed by atoms with Gasteiger partial charge in [0.25, 0.3) is 0 Å². The summed E-state index contributed by atoms with van der Waals surface area (Å²) in [7, 11) is 0. The standard InChI is InChI=1S/C24H30BrN3O5/c1-4-7-12-33-24-20(25)13-17(14-21(24)32-6-3)16-26-28-23(30)15-22(29)27-18-8-10-19(11-9-18)31-5-2/h8-11,13-14,16H,4-7,12,15H2,1-3H3,(H,27,29)(H,28,30). The van der Waals surface area contributed by atoms with Crippen molar-refractivity contribution in [2.24, 2.45) is 5.10 Å². The smallest absolute Gasteiger partial charge is 0.249 e. The Bertz CT molecular complexity index is 948. The molecule has 2 aromatic rings. The zero-order valence-corrected chi connectivity index (χ0v) is 20.7. The third-order valence-corrected chi connectivity index (χ3v) is 4.84. The number of hydrogen-bond donors (Lipinski definition) is 2. The average Bonchev–Trinajstić information content (AvgIpc) is 2.77. The second-order valence-electron chi connectivity index (χ2n) is 6.94. The predicted molar refractivity (Wildman–Crippen MR) is 132 cm³/mol. The van der Waals surface area contributed by atoms with E-state index in [4.69, 9.17) is 14.2 Å². The molecule has 0 unspecified atom stereocenters. The third kappa shape index (κ3) is 9.13. The Labute approximate surface area is 202 Å². The van der Waals surface area contributed by atoms with E-state index in [2.05, 4.69) is 38.7 Å². The van der Waals surface area contributed by atoms with E-state index < -0.39 is 11.8 Å². The molecule has 0 aromatic heterocycles. The lowest BCUT2D eigenvalue weighted by Crippen LogP contribution is -2.24. The Morgan fingerprint density at radius 3 is 2.39 bits per heavy atom. The first kappa shape index (κ1) is 26.2. The van der Waals surface area contributed by atoms with Gasteiger partial charge in [-0.1, -0.05) is 13.3 Å². The Balaban J connectivity index is 1.91. The summed E-state index contributed by atoms with van der Waals surface area (Å²) in [6, 6.07) is 10.5. The molecule has 0 radical (unpaired) electrons. The van der Waals surface area contributed by atoms with Crippen molar-refractivity contribution < 1.29 is 23.8 Å². The first-order valence-electron chi connectivity index (χ1n) is 10.9. The van der Waals surface area contributed by atoms with Gasteiger partial charge in [0.1, 0.15) is 12.2 Å². The summed E-state index contributed by atoms with van der Waals surface area (Å²) in [5.41, 5.74) is 3.64. The van der Waals surface area contributed by atoms with Crippen LogP contribution in [0.3, 0.4) is 0 Å². The van der Waals surface area contributed by atoms with Gasteiger partial charge in [0, 0.05) is 5.69 Å². The number of unbranched alkanes of at least 4 members (excludes halogenated alkanes) is 1. The molecule has 0 atom stereocenters. The molecule has 2 rings (SSSR count). The van der Waals surface area contributed by atoms with Crippen LogP contribution in [-0.4, -0.2) is 37.8 Å². The topological polar surface area (TPSA) is 98.2 Å². The highest BCUT2D eigenvalue weighted by Crippen LogP contribution is 2.36. The maximum absolute atomic E-state index is 12.1. The van der Waals surface area contributed by atoms with Crippen molar-refractivity contribution >= 4 is 39.6 Å². The van der Waals surface area contributed by atoms with E-state index in [9.17, 15) is 9.59 Å². The Hall–Kier alpha value is -3.07. The molecule has 0 fully saturated rings. The first-order valence-corrected chi connectivity index (χ1v) is 11.7. The minimum absolute atomic E-state index is 0.358. The van der Waals surface area contributed by atoms with Crippen LogP contribution in [0.15, 0.2) is 46.0 Å². The van der Waals surface area contributed by atoms with Gasteiger partial charge in [0.15, 0.2) is 11.5 Å². The van der Waals surface area contributed by atoms with Crippen molar-refractivity contribution in [1.82, 2.24) is 5.43 Å². The number of hydrazone groups is 1. The van der Waals surface area contributed by atoms with Crippen LogP contribution >= 0.6 is 15.9 Å². The van der Waals surface area contributed by atoms with E-state index in [0.717, 1.165) is 17.3 Å². The lowest BCUT2D eigenvalue weighted by molar-refractivity contribution is -0.126. The van der Waals surface area contributed by atoms with Gasteiger partial charge in [0.05, 0.1) is 30.5 Å². The summed E-state index contributed by atoms with van der Waals surface area (Å²) >= 11 is 3.50. The van der Waals surface area contributed by atoms with Gasteiger partial charge >= 0.3 is 0 Å². The molecule has 33 heavy (non-hydrogen) atoms. The number of rotatable bonds is 13. The fraction of sp³-hybridized carbons (Fsp3) is 0.375. The first-order chi connectivity index (χ1) is 16.0. The van der Waals surface area contributed by atoms with E-state index >= 15 is 0 Å². The molecule has 0 aliphatic heterocycles. The molecule has 0 saturated heterocycles. The van der Waals surface area contributed by atoms with Gasteiger partial charge in [-0.2, -0.15) is 5.10 Å². The van der Waals surface area contributed by atoms with Crippen LogP contribution in [0.5, 0.6) is 17.2 Å². The number of benzene rings is 2. The van der Waals surface area contributed by atoms with Gasteiger partial charge < -0.3 is 19.5 Å².